The molecule has 1 heterocycles. The monoisotopic (exact) mass is 212 g/mol. The molecule has 6 nitrogen and oxygen atoms in total. The van der Waals surface area contributed by atoms with Crippen molar-refractivity contribution in [3.63, 3.8) is 0 Å². The van der Waals surface area contributed by atoms with Crippen LogP contribution in [0.25, 0.3) is 0 Å². The molecule has 0 atom stereocenters. The maximum absolute atomic E-state index is 11.4. The number of aliphatic hydroxyl groups excluding tert-OH is 1. The second-order valence-corrected chi connectivity index (χ2v) is 3.29. The molecule has 15 heavy (non-hydrogen) atoms. The second-order valence-electron chi connectivity index (χ2n) is 3.29. The molecule has 0 aromatic carbocycles. The fourth-order valence-electron chi connectivity index (χ4n) is 1.15. The molecule has 1 aromatic heterocycles. The van der Waals surface area contributed by atoms with E-state index in [1.54, 1.807) is 6.92 Å². The molecule has 0 saturated heterocycles. The lowest BCUT2D eigenvalue weighted by Gasteiger charge is -2.04. The van der Waals surface area contributed by atoms with Gasteiger partial charge in [0.15, 0.2) is 0 Å². The Morgan fingerprint density at radius 2 is 2.33 bits per heavy atom. The Balaban J connectivity index is 2.56. The first-order chi connectivity index (χ1) is 7.19. The summed E-state index contributed by atoms with van der Waals surface area (Å²) in [6, 6.07) is 0. The Morgan fingerprint density at radius 1 is 1.60 bits per heavy atom. The molecular formula is C9H16N4O2. The fourth-order valence-corrected chi connectivity index (χ4v) is 1.15. The van der Waals surface area contributed by atoms with E-state index in [0.29, 0.717) is 12.2 Å². The SMILES string of the molecule is CCCNC(=O)Cn1nnc(CO)c1C. The molecule has 1 aromatic rings. The third-order valence-electron chi connectivity index (χ3n) is 2.09. The minimum absolute atomic E-state index is 0.0886. The van der Waals surface area contributed by atoms with Crippen molar-refractivity contribution >= 4 is 5.91 Å². The van der Waals surface area contributed by atoms with Gasteiger partial charge in [0, 0.05) is 6.54 Å². The number of nitrogens with zero attached hydrogens (tertiary/aromatic N) is 3. The van der Waals surface area contributed by atoms with Crippen molar-refractivity contribution in [2.24, 2.45) is 0 Å². The van der Waals surface area contributed by atoms with Gasteiger partial charge in [0.2, 0.25) is 5.91 Å². The average Bonchev–Trinajstić information content (AvgIpc) is 2.57. The van der Waals surface area contributed by atoms with Gasteiger partial charge in [-0.15, -0.1) is 5.10 Å². The van der Waals surface area contributed by atoms with Crippen LogP contribution in [0.5, 0.6) is 0 Å². The highest BCUT2D eigenvalue weighted by atomic mass is 16.3. The van der Waals surface area contributed by atoms with Gasteiger partial charge in [0.25, 0.3) is 0 Å². The molecule has 6 heteroatoms. The van der Waals surface area contributed by atoms with Gasteiger partial charge in [-0.2, -0.15) is 0 Å². The van der Waals surface area contributed by atoms with Crippen molar-refractivity contribution < 1.29 is 9.90 Å². The van der Waals surface area contributed by atoms with E-state index in [1.807, 2.05) is 6.92 Å². The van der Waals surface area contributed by atoms with Crippen LogP contribution < -0.4 is 5.32 Å². The first-order valence-electron chi connectivity index (χ1n) is 4.95. The number of hydrogen-bond donors (Lipinski definition) is 2. The highest BCUT2D eigenvalue weighted by Crippen LogP contribution is 2.02. The quantitative estimate of drug-likeness (QED) is 0.696. The molecule has 0 radical (unpaired) electrons. The highest BCUT2D eigenvalue weighted by Gasteiger charge is 2.09. The fraction of sp³-hybridized carbons (Fsp3) is 0.667. The van der Waals surface area contributed by atoms with Crippen LogP contribution in [0.3, 0.4) is 0 Å². The van der Waals surface area contributed by atoms with Crippen molar-refractivity contribution in [2.45, 2.75) is 33.4 Å². The van der Waals surface area contributed by atoms with Gasteiger partial charge in [0.05, 0.1) is 12.3 Å². The van der Waals surface area contributed by atoms with Crippen LogP contribution in [0, 0.1) is 6.92 Å². The van der Waals surface area contributed by atoms with Crippen molar-refractivity contribution in [2.75, 3.05) is 6.54 Å². The van der Waals surface area contributed by atoms with Crippen LogP contribution in [0.15, 0.2) is 0 Å². The molecule has 0 aliphatic rings. The lowest BCUT2D eigenvalue weighted by atomic mass is 10.3. The molecule has 1 rings (SSSR count). The topological polar surface area (TPSA) is 80.0 Å². The molecule has 0 unspecified atom stereocenters. The van der Waals surface area contributed by atoms with Crippen LogP contribution in [-0.2, 0) is 17.9 Å². The molecule has 84 valence electrons. The summed E-state index contributed by atoms with van der Waals surface area (Å²) in [6.45, 7) is 4.43. The van der Waals surface area contributed by atoms with Crippen molar-refractivity contribution in [3.05, 3.63) is 11.4 Å². The first-order valence-corrected chi connectivity index (χ1v) is 4.95. The summed E-state index contributed by atoms with van der Waals surface area (Å²) in [5, 5.41) is 19.2. The predicted molar refractivity (Wildman–Crippen MR) is 54.0 cm³/mol. The van der Waals surface area contributed by atoms with E-state index >= 15 is 0 Å². The van der Waals surface area contributed by atoms with Crippen LogP contribution in [0.1, 0.15) is 24.7 Å². The number of amides is 1. The van der Waals surface area contributed by atoms with Gasteiger partial charge >= 0.3 is 0 Å². The number of nitrogens with one attached hydrogen (secondary N) is 1. The van der Waals surface area contributed by atoms with E-state index in [9.17, 15) is 4.79 Å². The number of aliphatic hydroxyl groups is 1. The van der Waals surface area contributed by atoms with E-state index in [-0.39, 0.29) is 19.1 Å². The van der Waals surface area contributed by atoms with Gasteiger partial charge < -0.3 is 10.4 Å². The zero-order valence-corrected chi connectivity index (χ0v) is 9.03. The molecule has 0 saturated carbocycles. The van der Waals surface area contributed by atoms with Crippen LogP contribution >= 0.6 is 0 Å². The maximum atomic E-state index is 11.4. The smallest absolute Gasteiger partial charge is 0.241 e. The first kappa shape index (κ1) is 11.6. The van der Waals surface area contributed by atoms with Crippen molar-refractivity contribution in [3.8, 4) is 0 Å². The summed E-state index contributed by atoms with van der Waals surface area (Å²) >= 11 is 0. The molecule has 1 amide bonds. The Hall–Kier alpha value is -1.43. The van der Waals surface area contributed by atoms with E-state index in [2.05, 4.69) is 15.6 Å². The van der Waals surface area contributed by atoms with Crippen LogP contribution in [-0.4, -0.2) is 32.6 Å². The highest BCUT2D eigenvalue weighted by molar-refractivity contribution is 5.75. The summed E-state index contributed by atoms with van der Waals surface area (Å²) < 4.78 is 1.48. The Morgan fingerprint density at radius 3 is 2.87 bits per heavy atom. The standard InChI is InChI=1S/C9H16N4O2/c1-3-4-10-9(15)5-13-7(2)8(6-14)11-12-13/h14H,3-6H2,1-2H3,(H,10,15). The molecule has 0 bridgehead atoms. The zero-order chi connectivity index (χ0) is 11.3. The van der Waals surface area contributed by atoms with E-state index in [1.165, 1.54) is 4.68 Å². The molecule has 0 aliphatic heterocycles. The maximum Gasteiger partial charge on any atom is 0.241 e. The minimum Gasteiger partial charge on any atom is -0.390 e. The van der Waals surface area contributed by atoms with Crippen molar-refractivity contribution in [1.82, 2.24) is 20.3 Å². The Bertz CT molecular complexity index is 335. The number of hydrogen-bond acceptors (Lipinski definition) is 4. The molecule has 2 N–H and O–H groups in total. The van der Waals surface area contributed by atoms with Gasteiger partial charge in [-0.05, 0) is 13.3 Å². The summed E-state index contributed by atoms with van der Waals surface area (Å²) in [6.07, 6.45) is 0.907. The summed E-state index contributed by atoms with van der Waals surface area (Å²) in [5.74, 6) is -0.0886. The number of carbonyl (C=O) groups is 1. The third kappa shape index (κ3) is 3.02. The van der Waals surface area contributed by atoms with Crippen molar-refractivity contribution in [1.29, 1.82) is 0 Å². The number of rotatable bonds is 5. The molecule has 0 aliphatic carbocycles. The van der Waals surface area contributed by atoms with E-state index in [4.69, 9.17) is 5.11 Å². The Labute approximate surface area is 88.3 Å². The molecular weight excluding hydrogens is 196 g/mol. The number of aromatic nitrogens is 3. The van der Waals surface area contributed by atoms with Gasteiger partial charge in [-0.1, -0.05) is 12.1 Å². The predicted octanol–water partition coefficient (Wildman–Crippen LogP) is -0.395. The van der Waals surface area contributed by atoms with E-state index in [0.717, 1.165) is 12.1 Å². The summed E-state index contributed by atoms with van der Waals surface area (Å²) in [7, 11) is 0. The molecule has 0 spiro atoms. The third-order valence-corrected chi connectivity index (χ3v) is 2.09. The lowest BCUT2D eigenvalue weighted by molar-refractivity contribution is -0.121. The van der Waals surface area contributed by atoms with Gasteiger partial charge in [-0.25, -0.2) is 4.68 Å². The van der Waals surface area contributed by atoms with E-state index < -0.39 is 0 Å². The van der Waals surface area contributed by atoms with Crippen LogP contribution in [0.4, 0.5) is 0 Å². The Kier molecular flexibility index (Phi) is 4.23. The second kappa shape index (κ2) is 5.45. The summed E-state index contributed by atoms with van der Waals surface area (Å²) in [5.41, 5.74) is 1.24. The molecule has 0 fully saturated rings. The van der Waals surface area contributed by atoms with Gasteiger partial charge in [0.1, 0.15) is 12.2 Å². The van der Waals surface area contributed by atoms with Crippen LogP contribution in [0.2, 0.25) is 0 Å². The lowest BCUT2D eigenvalue weighted by Crippen LogP contribution is -2.28. The van der Waals surface area contributed by atoms with Gasteiger partial charge in [-0.3, -0.25) is 4.79 Å². The summed E-state index contributed by atoms with van der Waals surface area (Å²) in [4.78, 5) is 11.4. The number of carbonyl (C=O) groups excluding carboxylic acids is 1. The zero-order valence-electron chi connectivity index (χ0n) is 9.03. The average molecular weight is 212 g/mol. The largest absolute Gasteiger partial charge is 0.390 e. The normalized spacial score (nSPS) is 10.3. The minimum atomic E-state index is -0.150.